The van der Waals surface area contributed by atoms with E-state index in [1.54, 1.807) is 12.5 Å². The van der Waals surface area contributed by atoms with Gasteiger partial charge in [-0.2, -0.15) is 4.37 Å². The highest BCUT2D eigenvalue weighted by Gasteiger charge is 2.04. The lowest BCUT2D eigenvalue weighted by Crippen LogP contribution is -1.71. The first kappa shape index (κ1) is 7.23. The molecule has 0 unspecified atom stereocenters. The smallest absolute Gasteiger partial charge is 0.203 e. The number of nitrogens with zero attached hydrogens (tertiary/aromatic N) is 2. The molecule has 2 heterocycles. The second-order valence-electron chi connectivity index (χ2n) is 1.88. The van der Waals surface area contributed by atoms with Gasteiger partial charge in [0, 0.05) is 22.6 Å². The summed E-state index contributed by atoms with van der Waals surface area (Å²) in [5, 5.41) is 0.906. The highest BCUT2D eigenvalue weighted by atomic mass is 127. The summed E-state index contributed by atoms with van der Waals surface area (Å²) in [5.41, 5.74) is 0.991. The topological polar surface area (TPSA) is 38.9 Å². The molecule has 0 radical (unpaired) electrons. The number of furan rings is 1. The largest absolute Gasteiger partial charge is 0.472 e. The lowest BCUT2D eigenvalue weighted by molar-refractivity contribution is 0.568. The predicted octanol–water partition coefficient (Wildman–Crippen LogP) is 2.40. The summed E-state index contributed by atoms with van der Waals surface area (Å²) < 4.78 is 9.74. The molecule has 0 aliphatic rings. The summed E-state index contributed by atoms with van der Waals surface area (Å²) in [6.07, 6.45) is 3.29. The number of hydrogen-bond acceptors (Lipinski definition) is 4. The summed E-state index contributed by atoms with van der Waals surface area (Å²) >= 11 is 3.46. The standard InChI is InChI=1S/C6H3IN2OS/c7-6-8-5(11-9-6)4-1-2-10-3-4/h1-3H. The molecule has 0 N–H and O–H groups in total. The maximum atomic E-state index is 4.91. The minimum absolute atomic E-state index is 0.781. The Morgan fingerprint density at radius 1 is 1.55 bits per heavy atom. The van der Waals surface area contributed by atoms with Crippen molar-refractivity contribution in [3.8, 4) is 10.6 Å². The predicted molar refractivity (Wildman–Crippen MR) is 50.3 cm³/mol. The van der Waals surface area contributed by atoms with Gasteiger partial charge in [0.25, 0.3) is 0 Å². The van der Waals surface area contributed by atoms with E-state index in [1.807, 2.05) is 6.07 Å². The SMILES string of the molecule is Ic1nsc(-c2ccoc2)n1. The van der Waals surface area contributed by atoms with Gasteiger partial charge in [-0.3, -0.25) is 0 Å². The van der Waals surface area contributed by atoms with Gasteiger partial charge in [-0.15, -0.1) is 0 Å². The molecule has 2 rings (SSSR count). The Morgan fingerprint density at radius 3 is 3.00 bits per heavy atom. The van der Waals surface area contributed by atoms with E-state index in [0.29, 0.717) is 0 Å². The van der Waals surface area contributed by atoms with Gasteiger partial charge >= 0.3 is 0 Å². The summed E-state index contributed by atoms with van der Waals surface area (Å²) in [6, 6.07) is 1.87. The van der Waals surface area contributed by atoms with Gasteiger partial charge in [0.15, 0.2) is 0 Å². The van der Waals surface area contributed by atoms with Gasteiger partial charge in [-0.1, -0.05) is 0 Å². The summed E-state index contributed by atoms with van der Waals surface area (Å²) in [5.74, 6) is 0. The van der Waals surface area contributed by atoms with Gasteiger partial charge in [0.2, 0.25) is 3.83 Å². The van der Waals surface area contributed by atoms with Crippen LogP contribution in [-0.4, -0.2) is 9.36 Å². The van der Waals surface area contributed by atoms with E-state index in [-0.39, 0.29) is 0 Å². The minimum Gasteiger partial charge on any atom is -0.472 e. The van der Waals surface area contributed by atoms with Crippen LogP contribution in [0.5, 0.6) is 0 Å². The van der Waals surface area contributed by atoms with Crippen molar-refractivity contribution in [1.82, 2.24) is 9.36 Å². The van der Waals surface area contributed by atoms with Crippen LogP contribution >= 0.6 is 34.1 Å². The van der Waals surface area contributed by atoms with Crippen LogP contribution < -0.4 is 0 Å². The Bertz CT molecular complexity index is 343. The van der Waals surface area contributed by atoms with Crippen molar-refractivity contribution in [2.24, 2.45) is 0 Å². The van der Waals surface area contributed by atoms with Gasteiger partial charge in [0.05, 0.1) is 11.8 Å². The number of hydrogen-bond donors (Lipinski definition) is 0. The van der Waals surface area contributed by atoms with E-state index in [0.717, 1.165) is 14.4 Å². The van der Waals surface area contributed by atoms with Crippen molar-refractivity contribution >= 4 is 34.1 Å². The third kappa shape index (κ3) is 1.43. The van der Waals surface area contributed by atoms with Gasteiger partial charge < -0.3 is 4.42 Å². The Hall–Kier alpha value is -0.430. The fourth-order valence-corrected chi connectivity index (χ4v) is 1.96. The number of aromatic nitrogens is 2. The van der Waals surface area contributed by atoms with Crippen molar-refractivity contribution in [2.45, 2.75) is 0 Å². The molecule has 0 saturated carbocycles. The second kappa shape index (κ2) is 2.90. The maximum absolute atomic E-state index is 4.91. The zero-order valence-electron chi connectivity index (χ0n) is 5.32. The van der Waals surface area contributed by atoms with Crippen LogP contribution in [0.1, 0.15) is 0 Å². The van der Waals surface area contributed by atoms with Crippen LogP contribution in [0.3, 0.4) is 0 Å². The molecule has 0 fully saturated rings. The molecule has 0 aliphatic carbocycles. The molecule has 2 aromatic rings. The van der Waals surface area contributed by atoms with E-state index < -0.39 is 0 Å². The van der Waals surface area contributed by atoms with Gasteiger partial charge in [0.1, 0.15) is 11.3 Å². The van der Waals surface area contributed by atoms with E-state index in [4.69, 9.17) is 4.42 Å². The molecule has 0 atom stereocenters. The van der Waals surface area contributed by atoms with E-state index in [1.165, 1.54) is 11.5 Å². The molecule has 0 aromatic carbocycles. The summed E-state index contributed by atoms with van der Waals surface area (Å²) in [4.78, 5) is 4.19. The number of rotatable bonds is 1. The molecule has 2 aromatic heterocycles. The van der Waals surface area contributed by atoms with E-state index in [9.17, 15) is 0 Å². The van der Waals surface area contributed by atoms with Crippen LogP contribution in [0.2, 0.25) is 0 Å². The maximum Gasteiger partial charge on any atom is 0.203 e. The van der Waals surface area contributed by atoms with Crippen molar-refractivity contribution in [2.75, 3.05) is 0 Å². The van der Waals surface area contributed by atoms with Gasteiger partial charge in [-0.05, 0) is 17.6 Å². The molecule has 56 valence electrons. The lowest BCUT2D eigenvalue weighted by atomic mass is 10.4. The van der Waals surface area contributed by atoms with Crippen LogP contribution in [-0.2, 0) is 0 Å². The quantitative estimate of drug-likeness (QED) is 0.752. The highest BCUT2D eigenvalue weighted by molar-refractivity contribution is 14.1. The molecule has 0 aliphatic heterocycles. The average Bonchev–Trinajstić information content (AvgIpc) is 2.55. The Labute approximate surface area is 80.8 Å². The first-order valence-electron chi connectivity index (χ1n) is 2.88. The first-order valence-corrected chi connectivity index (χ1v) is 4.73. The Kier molecular flexibility index (Phi) is 1.91. The fraction of sp³-hybridized carbons (Fsp3) is 0. The monoisotopic (exact) mass is 278 g/mol. The van der Waals surface area contributed by atoms with Crippen LogP contribution in [0.4, 0.5) is 0 Å². The van der Waals surface area contributed by atoms with Crippen molar-refractivity contribution < 1.29 is 4.42 Å². The molecular weight excluding hydrogens is 275 g/mol. The van der Waals surface area contributed by atoms with Crippen LogP contribution in [0.15, 0.2) is 23.0 Å². The van der Waals surface area contributed by atoms with Crippen molar-refractivity contribution in [1.29, 1.82) is 0 Å². The zero-order valence-corrected chi connectivity index (χ0v) is 8.29. The molecule has 11 heavy (non-hydrogen) atoms. The number of halogens is 1. The van der Waals surface area contributed by atoms with Crippen molar-refractivity contribution in [3.05, 3.63) is 22.4 Å². The lowest BCUT2D eigenvalue weighted by Gasteiger charge is -1.81. The Balaban J connectivity index is 2.45. The molecule has 0 saturated heterocycles. The normalized spacial score (nSPS) is 10.3. The van der Waals surface area contributed by atoms with Crippen molar-refractivity contribution in [3.63, 3.8) is 0 Å². The molecule has 0 amide bonds. The highest BCUT2D eigenvalue weighted by Crippen LogP contribution is 2.21. The van der Waals surface area contributed by atoms with E-state index in [2.05, 4.69) is 31.9 Å². The van der Waals surface area contributed by atoms with Crippen LogP contribution in [0, 0.1) is 3.83 Å². The molecule has 0 bridgehead atoms. The first-order chi connectivity index (χ1) is 5.36. The zero-order chi connectivity index (χ0) is 7.68. The molecule has 3 nitrogen and oxygen atoms in total. The molecule has 5 heteroatoms. The minimum atomic E-state index is 0.781. The third-order valence-corrected chi connectivity index (χ3v) is 2.74. The Morgan fingerprint density at radius 2 is 2.45 bits per heavy atom. The summed E-state index contributed by atoms with van der Waals surface area (Å²) in [7, 11) is 0. The third-order valence-electron chi connectivity index (χ3n) is 1.17. The molecular formula is C6H3IN2OS. The van der Waals surface area contributed by atoms with Gasteiger partial charge in [-0.25, -0.2) is 4.98 Å². The fourth-order valence-electron chi connectivity index (χ4n) is 0.709. The average molecular weight is 278 g/mol. The summed E-state index contributed by atoms with van der Waals surface area (Å²) in [6.45, 7) is 0. The van der Waals surface area contributed by atoms with E-state index >= 15 is 0 Å². The molecule has 0 spiro atoms. The second-order valence-corrected chi connectivity index (χ2v) is 3.60. The van der Waals surface area contributed by atoms with Crippen LogP contribution in [0.25, 0.3) is 10.6 Å².